The normalized spacial score (nSPS) is 13.3. The van der Waals surface area contributed by atoms with Crippen LogP contribution < -0.4 is 5.73 Å². The first-order valence-electron chi connectivity index (χ1n) is 4.47. The summed E-state index contributed by atoms with van der Waals surface area (Å²) in [5.41, 5.74) is 3.72. The number of hydrogen-bond acceptors (Lipinski definition) is 3. The fourth-order valence-electron chi connectivity index (χ4n) is 1.22. The van der Waals surface area contributed by atoms with Crippen molar-refractivity contribution < 1.29 is 27.1 Å². The summed E-state index contributed by atoms with van der Waals surface area (Å²) in [6.45, 7) is 0. The number of ether oxygens (including phenoxy) is 1. The summed E-state index contributed by atoms with van der Waals surface area (Å²) in [4.78, 5) is 11.0. The second-order valence-corrected chi connectivity index (χ2v) is 3.24. The Balaban J connectivity index is 3.17. The van der Waals surface area contributed by atoms with E-state index < -0.39 is 29.6 Å². The summed E-state index contributed by atoms with van der Waals surface area (Å²) in [7, 11) is 1.05. The van der Waals surface area contributed by atoms with Gasteiger partial charge in [-0.05, 0) is 17.7 Å². The van der Waals surface area contributed by atoms with Crippen LogP contribution in [0.2, 0.25) is 0 Å². The number of carbonyl (C=O) groups excluding carboxylic acids is 1. The molecule has 1 aromatic rings. The number of rotatable bonds is 2. The maximum absolute atomic E-state index is 12.9. The number of halogens is 4. The molecule has 94 valence electrons. The molecule has 0 radical (unpaired) electrons. The first-order chi connectivity index (χ1) is 7.77. The van der Waals surface area contributed by atoms with Crippen LogP contribution in [0.25, 0.3) is 0 Å². The van der Waals surface area contributed by atoms with E-state index in [9.17, 15) is 22.4 Å². The second kappa shape index (κ2) is 4.70. The predicted molar refractivity (Wildman–Crippen MR) is 50.3 cm³/mol. The van der Waals surface area contributed by atoms with Crippen LogP contribution in [-0.2, 0) is 15.7 Å². The quantitative estimate of drug-likeness (QED) is 0.646. The minimum absolute atomic E-state index is 0.162. The van der Waals surface area contributed by atoms with Gasteiger partial charge in [-0.15, -0.1) is 0 Å². The number of benzene rings is 1. The van der Waals surface area contributed by atoms with E-state index in [2.05, 4.69) is 4.74 Å². The predicted octanol–water partition coefficient (Wildman–Crippen LogP) is 2.02. The Kier molecular flexibility index (Phi) is 3.72. The van der Waals surface area contributed by atoms with Crippen molar-refractivity contribution in [2.45, 2.75) is 12.2 Å². The van der Waals surface area contributed by atoms with Gasteiger partial charge in [-0.2, -0.15) is 13.2 Å². The Labute approximate surface area is 94.2 Å². The van der Waals surface area contributed by atoms with Gasteiger partial charge in [-0.25, -0.2) is 4.39 Å². The van der Waals surface area contributed by atoms with Crippen LogP contribution in [0.3, 0.4) is 0 Å². The van der Waals surface area contributed by atoms with E-state index in [0.717, 1.165) is 13.2 Å². The lowest BCUT2D eigenvalue weighted by molar-refractivity contribution is -0.143. The molecule has 0 aliphatic carbocycles. The van der Waals surface area contributed by atoms with Gasteiger partial charge in [0.25, 0.3) is 0 Å². The Bertz CT molecular complexity index is 431. The second-order valence-electron chi connectivity index (χ2n) is 3.24. The fraction of sp³-hybridized carbons (Fsp3) is 0.300. The SMILES string of the molecule is COC(=O)[C@H](N)c1ccc(F)c(C(F)(F)F)c1. The zero-order chi connectivity index (χ0) is 13.2. The summed E-state index contributed by atoms with van der Waals surface area (Å²) in [6, 6.07) is 0.742. The monoisotopic (exact) mass is 251 g/mol. The third-order valence-electron chi connectivity index (χ3n) is 2.11. The maximum Gasteiger partial charge on any atom is 0.419 e. The molecule has 0 saturated heterocycles. The molecule has 0 aromatic heterocycles. The molecule has 2 N–H and O–H groups in total. The molecule has 1 rings (SSSR count). The molecular weight excluding hydrogens is 242 g/mol. The summed E-state index contributed by atoms with van der Waals surface area (Å²) in [5.74, 6) is -2.32. The van der Waals surface area contributed by atoms with Gasteiger partial charge in [-0.1, -0.05) is 6.07 Å². The molecule has 17 heavy (non-hydrogen) atoms. The average molecular weight is 251 g/mol. The number of methoxy groups -OCH3 is 1. The van der Waals surface area contributed by atoms with Gasteiger partial charge in [-0.3, -0.25) is 4.79 Å². The Hall–Kier alpha value is -1.63. The molecule has 0 unspecified atom stereocenters. The van der Waals surface area contributed by atoms with Gasteiger partial charge < -0.3 is 10.5 Å². The van der Waals surface area contributed by atoms with Crippen molar-refractivity contribution in [3.05, 3.63) is 35.1 Å². The van der Waals surface area contributed by atoms with Gasteiger partial charge in [0.15, 0.2) is 0 Å². The first kappa shape index (κ1) is 13.4. The number of carbonyl (C=O) groups is 1. The zero-order valence-corrected chi connectivity index (χ0v) is 8.72. The van der Waals surface area contributed by atoms with Gasteiger partial charge >= 0.3 is 12.1 Å². The van der Waals surface area contributed by atoms with E-state index in [1.165, 1.54) is 0 Å². The van der Waals surface area contributed by atoms with Crippen molar-refractivity contribution in [3.8, 4) is 0 Å². The lowest BCUT2D eigenvalue weighted by Gasteiger charge is -2.13. The molecule has 0 fully saturated rings. The fourth-order valence-corrected chi connectivity index (χ4v) is 1.22. The van der Waals surface area contributed by atoms with Crippen molar-refractivity contribution in [1.82, 2.24) is 0 Å². The lowest BCUT2D eigenvalue weighted by atomic mass is 10.0. The molecular formula is C10H9F4NO2. The van der Waals surface area contributed by atoms with Crippen LogP contribution in [-0.4, -0.2) is 13.1 Å². The first-order valence-corrected chi connectivity index (χ1v) is 4.47. The molecule has 0 bridgehead atoms. The van der Waals surface area contributed by atoms with Crippen LogP contribution in [0.5, 0.6) is 0 Å². The summed E-state index contributed by atoms with van der Waals surface area (Å²) < 4.78 is 54.4. The van der Waals surface area contributed by atoms with Gasteiger partial charge in [0.2, 0.25) is 0 Å². The van der Waals surface area contributed by atoms with Gasteiger partial charge in [0.05, 0.1) is 12.7 Å². The van der Waals surface area contributed by atoms with Gasteiger partial charge in [0.1, 0.15) is 11.9 Å². The topological polar surface area (TPSA) is 52.3 Å². The Morgan fingerprint density at radius 2 is 2.00 bits per heavy atom. The van der Waals surface area contributed by atoms with Gasteiger partial charge in [0, 0.05) is 0 Å². The van der Waals surface area contributed by atoms with E-state index in [1.54, 1.807) is 0 Å². The molecule has 0 aliphatic heterocycles. The minimum atomic E-state index is -4.84. The summed E-state index contributed by atoms with van der Waals surface area (Å²) >= 11 is 0. The molecule has 0 aliphatic rings. The maximum atomic E-state index is 12.9. The van der Waals surface area contributed by atoms with E-state index in [-0.39, 0.29) is 5.56 Å². The molecule has 0 amide bonds. The molecule has 1 aromatic carbocycles. The highest BCUT2D eigenvalue weighted by atomic mass is 19.4. The van der Waals surface area contributed by atoms with Crippen LogP contribution in [0.15, 0.2) is 18.2 Å². The summed E-state index contributed by atoms with van der Waals surface area (Å²) in [6.07, 6.45) is -4.84. The smallest absolute Gasteiger partial charge is 0.419 e. The molecule has 0 saturated carbocycles. The van der Waals surface area contributed by atoms with Crippen molar-refractivity contribution in [1.29, 1.82) is 0 Å². The highest BCUT2D eigenvalue weighted by Gasteiger charge is 2.35. The lowest BCUT2D eigenvalue weighted by Crippen LogP contribution is -2.23. The number of nitrogens with two attached hydrogens (primary N) is 1. The number of esters is 1. The molecule has 7 heteroatoms. The average Bonchev–Trinajstić information content (AvgIpc) is 2.26. The standard InChI is InChI=1S/C10H9F4NO2/c1-17-9(16)8(15)5-2-3-7(11)6(4-5)10(12,13)14/h2-4,8H,15H2,1H3/t8-/m1/s1. The van der Waals surface area contributed by atoms with E-state index >= 15 is 0 Å². The summed E-state index contributed by atoms with van der Waals surface area (Å²) in [5, 5.41) is 0. The highest BCUT2D eigenvalue weighted by molar-refractivity contribution is 5.77. The minimum Gasteiger partial charge on any atom is -0.468 e. The van der Waals surface area contributed by atoms with E-state index in [4.69, 9.17) is 5.73 Å². The van der Waals surface area contributed by atoms with Crippen LogP contribution >= 0.6 is 0 Å². The Morgan fingerprint density at radius 1 is 1.41 bits per heavy atom. The van der Waals surface area contributed by atoms with Crippen molar-refractivity contribution in [3.63, 3.8) is 0 Å². The molecule has 0 heterocycles. The molecule has 0 spiro atoms. The number of hydrogen-bond donors (Lipinski definition) is 1. The van der Waals surface area contributed by atoms with Crippen LogP contribution in [0.4, 0.5) is 17.6 Å². The number of alkyl halides is 3. The highest BCUT2D eigenvalue weighted by Crippen LogP contribution is 2.32. The molecule has 3 nitrogen and oxygen atoms in total. The van der Waals surface area contributed by atoms with Crippen molar-refractivity contribution in [2.24, 2.45) is 5.73 Å². The van der Waals surface area contributed by atoms with Crippen molar-refractivity contribution in [2.75, 3.05) is 7.11 Å². The Morgan fingerprint density at radius 3 is 2.47 bits per heavy atom. The third-order valence-corrected chi connectivity index (χ3v) is 2.11. The molecule has 1 atom stereocenters. The largest absolute Gasteiger partial charge is 0.468 e. The van der Waals surface area contributed by atoms with Crippen LogP contribution in [0.1, 0.15) is 17.2 Å². The zero-order valence-electron chi connectivity index (χ0n) is 8.72. The van der Waals surface area contributed by atoms with Crippen LogP contribution in [0, 0.1) is 5.82 Å². The third kappa shape index (κ3) is 2.94. The van der Waals surface area contributed by atoms with E-state index in [1.807, 2.05) is 0 Å². The van der Waals surface area contributed by atoms with E-state index in [0.29, 0.717) is 12.1 Å². The van der Waals surface area contributed by atoms with Crippen molar-refractivity contribution >= 4 is 5.97 Å².